The smallest absolute Gasteiger partial charge is 0.186 e. The van der Waals surface area contributed by atoms with Crippen LogP contribution in [0.2, 0.25) is 0 Å². The lowest BCUT2D eigenvalue weighted by molar-refractivity contribution is -0.109. The monoisotopic (exact) mass is 828 g/mol. The van der Waals surface area contributed by atoms with E-state index in [0.717, 1.165) is 78.2 Å². The summed E-state index contributed by atoms with van der Waals surface area (Å²) in [4.78, 5) is 30.9. The van der Waals surface area contributed by atoms with Gasteiger partial charge in [0, 0.05) is 57.0 Å². The Hall–Kier alpha value is -6.50. The lowest BCUT2D eigenvalue weighted by Crippen LogP contribution is -1.96. The standard InChI is InChI=1S/C56H52N4OS/c1-30-23-33(4)50(34(5)24-30)54-44-17-15-42(57-44)53(41-13-11-40(12-14-41)29-62-39(10)61)43-16-18-45(58-43)55(51-35(6)25-31(2)26-36(51)7)47-20-22-49(60-47)56(48-21-19-46(54)59-48)52-37(8)27-32(3)28-38(52)9/h11-28,57,60H,29H2,1-10H3. The molecule has 2 N–H and O–H groups in total. The van der Waals surface area contributed by atoms with Gasteiger partial charge in [0.15, 0.2) is 5.12 Å². The van der Waals surface area contributed by atoms with Gasteiger partial charge < -0.3 is 9.97 Å². The number of fused-ring (bicyclic) bond motifs is 8. The summed E-state index contributed by atoms with van der Waals surface area (Å²) in [7, 11) is 0. The highest BCUT2D eigenvalue weighted by atomic mass is 32.2. The van der Waals surface area contributed by atoms with Crippen LogP contribution in [0.3, 0.4) is 0 Å². The average molecular weight is 829 g/mol. The van der Waals surface area contributed by atoms with Crippen molar-refractivity contribution in [3.63, 3.8) is 0 Å². The molecule has 0 saturated carbocycles. The Morgan fingerprint density at radius 1 is 0.435 bits per heavy atom. The fourth-order valence-electron chi connectivity index (χ4n) is 9.97. The summed E-state index contributed by atoms with van der Waals surface area (Å²) in [5, 5.41) is 0.112. The Morgan fingerprint density at radius 3 is 1.06 bits per heavy atom. The van der Waals surface area contributed by atoms with Gasteiger partial charge in [-0.25, -0.2) is 9.97 Å². The number of hydrogen-bond acceptors (Lipinski definition) is 4. The molecular formula is C56H52N4OS. The van der Waals surface area contributed by atoms with E-state index in [-0.39, 0.29) is 5.12 Å². The topological polar surface area (TPSA) is 74.4 Å². The second kappa shape index (κ2) is 16.1. The van der Waals surface area contributed by atoms with Gasteiger partial charge in [-0.15, -0.1) is 0 Å². The van der Waals surface area contributed by atoms with Crippen molar-refractivity contribution >= 4 is 63.2 Å². The van der Waals surface area contributed by atoms with Crippen LogP contribution in [0.25, 0.3) is 90.9 Å². The number of nitrogens with zero attached hydrogens (tertiary/aromatic N) is 2. The van der Waals surface area contributed by atoms with Gasteiger partial charge in [-0.2, -0.15) is 0 Å². The highest BCUT2D eigenvalue weighted by molar-refractivity contribution is 8.12. The first-order chi connectivity index (χ1) is 29.7. The molecule has 308 valence electrons. The molecule has 0 amide bonds. The zero-order chi connectivity index (χ0) is 43.6. The highest BCUT2D eigenvalue weighted by Gasteiger charge is 2.22. The second-order valence-electron chi connectivity index (χ2n) is 17.3. The van der Waals surface area contributed by atoms with Crippen LogP contribution in [0, 0.1) is 62.3 Å². The van der Waals surface area contributed by atoms with Gasteiger partial charge in [-0.1, -0.05) is 89.1 Å². The largest absolute Gasteiger partial charge is 0.354 e. The highest BCUT2D eigenvalue weighted by Crippen LogP contribution is 2.42. The Bertz CT molecular complexity index is 3120. The van der Waals surface area contributed by atoms with Crippen molar-refractivity contribution in [3.8, 4) is 44.5 Å². The Morgan fingerprint density at radius 2 is 0.742 bits per heavy atom. The molecule has 4 aromatic carbocycles. The number of carbonyl (C=O) groups is 1. The first-order valence-electron chi connectivity index (χ1n) is 21.4. The number of aromatic amines is 2. The third-order valence-electron chi connectivity index (χ3n) is 12.2. The minimum atomic E-state index is 0.112. The molecule has 6 heteroatoms. The van der Waals surface area contributed by atoms with E-state index in [0.29, 0.717) is 5.75 Å². The third-order valence-corrected chi connectivity index (χ3v) is 13.1. The summed E-state index contributed by atoms with van der Waals surface area (Å²) in [6.07, 6.45) is 8.71. The molecule has 0 fully saturated rings. The maximum atomic E-state index is 11.8. The maximum Gasteiger partial charge on any atom is 0.186 e. The van der Waals surface area contributed by atoms with E-state index in [1.807, 2.05) is 0 Å². The maximum absolute atomic E-state index is 11.8. The molecular weight excluding hydrogens is 777 g/mol. The quantitative estimate of drug-likeness (QED) is 0.175. The average Bonchev–Trinajstić information content (AvgIpc) is 4.04. The van der Waals surface area contributed by atoms with Gasteiger partial charge in [-0.05, 0) is 172 Å². The van der Waals surface area contributed by atoms with Gasteiger partial charge in [0.1, 0.15) is 0 Å². The first kappa shape index (κ1) is 40.9. The predicted octanol–water partition coefficient (Wildman–Crippen LogP) is 14.9. The van der Waals surface area contributed by atoms with E-state index >= 15 is 0 Å². The molecule has 8 bridgehead atoms. The van der Waals surface area contributed by atoms with Crippen LogP contribution in [0.5, 0.6) is 0 Å². The van der Waals surface area contributed by atoms with Crippen LogP contribution in [-0.2, 0) is 10.5 Å². The van der Waals surface area contributed by atoms with E-state index in [2.05, 4.69) is 182 Å². The Balaban J connectivity index is 1.48. The number of rotatable bonds is 6. The van der Waals surface area contributed by atoms with Crippen LogP contribution in [0.15, 0.2) is 84.9 Å². The minimum absolute atomic E-state index is 0.112. The molecule has 5 heterocycles. The van der Waals surface area contributed by atoms with Crippen LogP contribution in [0.1, 0.15) is 85.3 Å². The molecule has 0 radical (unpaired) electrons. The van der Waals surface area contributed by atoms with E-state index < -0.39 is 0 Å². The lowest BCUT2D eigenvalue weighted by atomic mass is 9.92. The van der Waals surface area contributed by atoms with Gasteiger partial charge in [0.25, 0.3) is 0 Å². The number of hydrogen-bond donors (Lipinski definition) is 2. The van der Waals surface area contributed by atoms with Crippen molar-refractivity contribution < 1.29 is 4.79 Å². The lowest BCUT2D eigenvalue weighted by Gasteiger charge is -2.14. The SMILES string of the molecule is CC(=O)SCc1ccc(-c2c3nc(c(-c4c(C)cc(C)cc4C)c4ccc([nH]4)c(-c4c(C)cc(C)cc4C)c4nc(c(-c5c(C)cc(C)cc5C)c5ccc2[nH]5)C=C4)C=C3)cc1. The van der Waals surface area contributed by atoms with Gasteiger partial charge in [0.2, 0.25) is 0 Å². The van der Waals surface area contributed by atoms with Crippen molar-refractivity contribution in [2.45, 2.75) is 75.0 Å². The van der Waals surface area contributed by atoms with E-state index in [9.17, 15) is 4.79 Å². The van der Waals surface area contributed by atoms with Crippen molar-refractivity contribution in [2.75, 3.05) is 0 Å². The van der Waals surface area contributed by atoms with E-state index in [4.69, 9.17) is 9.97 Å². The fourth-order valence-corrected chi connectivity index (χ4v) is 10.5. The summed E-state index contributed by atoms with van der Waals surface area (Å²) in [6.45, 7) is 21.4. The molecule has 0 unspecified atom stereocenters. The first-order valence-corrected chi connectivity index (χ1v) is 22.4. The summed E-state index contributed by atoms with van der Waals surface area (Å²) >= 11 is 1.33. The van der Waals surface area contributed by atoms with Crippen molar-refractivity contribution in [3.05, 3.63) is 163 Å². The van der Waals surface area contributed by atoms with Crippen LogP contribution >= 0.6 is 11.8 Å². The zero-order valence-electron chi connectivity index (χ0n) is 37.3. The third kappa shape index (κ3) is 7.47. The number of nitrogens with one attached hydrogen (secondary N) is 2. The minimum Gasteiger partial charge on any atom is -0.354 e. The van der Waals surface area contributed by atoms with E-state index in [1.165, 1.54) is 78.5 Å². The molecule has 0 atom stereocenters. The molecule has 7 aromatic rings. The summed E-state index contributed by atoms with van der Waals surface area (Å²) in [6, 6.07) is 31.0. The summed E-state index contributed by atoms with van der Waals surface area (Å²) < 4.78 is 0. The number of benzene rings is 4. The number of H-pyrrole nitrogens is 2. The summed E-state index contributed by atoms with van der Waals surface area (Å²) in [5.74, 6) is 0.631. The fraction of sp³-hybridized carbons (Fsp3) is 0.196. The van der Waals surface area contributed by atoms with Gasteiger partial charge in [0.05, 0.1) is 22.8 Å². The molecule has 5 nitrogen and oxygen atoms in total. The predicted molar refractivity (Wildman–Crippen MR) is 265 cm³/mol. The van der Waals surface area contributed by atoms with Crippen molar-refractivity contribution in [2.24, 2.45) is 0 Å². The van der Waals surface area contributed by atoms with Crippen LogP contribution in [-0.4, -0.2) is 25.1 Å². The molecule has 0 saturated heterocycles. The van der Waals surface area contributed by atoms with E-state index in [1.54, 1.807) is 6.92 Å². The molecule has 0 aliphatic carbocycles. The molecule has 2 aliphatic rings. The second-order valence-corrected chi connectivity index (χ2v) is 18.5. The molecule has 62 heavy (non-hydrogen) atoms. The van der Waals surface area contributed by atoms with Gasteiger partial charge >= 0.3 is 0 Å². The molecule has 0 spiro atoms. The number of aryl methyl sites for hydroxylation is 9. The van der Waals surface area contributed by atoms with Crippen molar-refractivity contribution in [1.82, 2.24) is 19.9 Å². The normalized spacial score (nSPS) is 12.1. The van der Waals surface area contributed by atoms with Crippen LogP contribution in [0.4, 0.5) is 0 Å². The number of thioether (sulfide) groups is 1. The number of aromatic nitrogens is 4. The van der Waals surface area contributed by atoms with Crippen molar-refractivity contribution in [1.29, 1.82) is 0 Å². The molecule has 9 rings (SSSR count). The van der Waals surface area contributed by atoms with Crippen LogP contribution < -0.4 is 0 Å². The molecule has 2 aliphatic heterocycles. The van der Waals surface area contributed by atoms with Gasteiger partial charge in [-0.3, -0.25) is 4.79 Å². The Labute approximate surface area is 369 Å². The molecule has 3 aromatic heterocycles. The Kier molecular flexibility index (Phi) is 10.6. The number of carbonyl (C=O) groups excluding carboxylic acids is 1. The zero-order valence-corrected chi connectivity index (χ0v) is 38.1. The summed E-state index contributed by atoms with van der Waals surface area (Å²) in [5.41, 5.74) is 28.3.